The molecule has 0 radical (unpaired) electrons. The van der Waals surface area contributed by atoms with Crippen LogP contribution in [0.25, 0.3) is 0 Å². The van der Waals surface area contributed by atoms with Gasteiger partial charge < -0.3 is 0 Å². The molecule has 0 aliphatic heterocycles. The molecule has 0 aliphatic carbocycles. The fraction of sp³-hybridized carbons (Fsp3) is 0.250. The summed E-state index contributed by atoms with van der Waals surface area (Å²) in [6, 6.07) is 7.82. The van der Waals surface area contributed by atoms with Crippen molar-refractivity contribution in [2.45, 2.75) is 13.3 Å². The van der Waals surface area contributed by atoms with Crippen LogP contribution in [-0.2, 0) is 18.2 Å². The molecule has 1 aromatic carbocycles. The maximum Gasteiger partial charge on any atom is 0.147 e. The van der Waals surface area contributed by atoms with Gasteiger partial charge in [0.15, 0.2) is 0 Å². The SMILES string of the molecule is CCc1ccccc1P(=S)(Cl)Cl. The average Bonchev–Trinajstić information content (AvgIpc) is 2.03. The Labute approximate surface area is 87.5 Å². The maximum absolute atomic E-state index is 5.93. The van der Waals surface area contributed by atoms with Gasteiger partial charge in [-0.25, -0.2) is 0 Å². The van der Waals surface area contributed by atoms with E-state index in [1.807, 2.05) is 24.3 Å². The van der Waals surface area contributed by atoms with Crippen molar-refractivity contribution in [3.05, 3.63) is 29.8 Å². The van der Waals surface area contributed by atoms with E-state index >= 15 is 0 Å². The summed E-state index contributed by atoms with van der Waals surface area (Å²) in [5.74, 6) is 0. The third-order valence-corrected chi connectivity index (χ3v) is 4.33. The molecule has 0 fully saturated rings. The van der Waals surface area contributed by atoms with Gasteiger partial charge in [-0.3, -0.25) is 0 Å². The van der Waals surface area contributed by atoms with E-state index in [4.69, 9.17) is 34.3 Å². The largest absolute Gasteiger partial charge is 0.147 e. The van der Waals surface area contributed by atoms with Crippen LogP contribution < -0.4 is 5.30 Å². The zero-order valence-electron chi connectivity index (χ0n) is 6.63. The lowest BCUT2D eigenvalue weighted by molar-refractivity contribution is 1.15. The molecule has 0 saturated carbocycles. The summed E-state index contributed by atoms with van der Waals surface area (Å²) >= 11 is 16.9. The third-order valence-electron chi connectivity index (χ3n) is 1.65. The Morgan fingerprint density at radius 2 is 1.92 bits per heavy atom. The maximum atomic E-state index is 5.93. The summed E-state index contributed by atoms with van der Waals surface area (Å²) in [7, 11) is 0. The molecule has 12 heavy (non-hydrogen) atoms. The molecular weight excluding hydrogens is 230 g/mol. The first-order chi connectivity index (χ1) is 5.55. The van der Waals surface area contributed by atoms with E-state index in [2.05, 4.69) is 6.92 Å². The smallest absolute Gasteiger partial charge is 0.0633 e. The van der Waals surface area contributed by atoms with E-state index in [0.29, 0.717) is 0 Å². The molecule has 0 bridgehead atoms. The molecule has 66 valence electrons. The Kier molecular flexibility index (Phi) is 3.60. The van der Waals surface area contributed by atoms with Crippen molar-refractivity contribution in [3.63, 3.8) is 0 Å². The van der Waals surface area contributed by atoms with Crippen LogP contribution in [-0.4, -0.2) is 0 Å². The van der Waals surface area contributed by atoms with Crippen LogP contribution in [0.1, 0.15) is 12.5 Å². The summed E-state index contributed by atoms with van der Waals surface area (Å²) < 4.78 is -2.29. The highest BCUT2D eigenvalue weighted by atomic mass is 35.9. The molecule has 1 rings (SSSR count). The second-order valence-corrected chi connectivity index (χ2v) is 10.3. The number of halogens is 2. The highest BCUT2D eigenvalue weighted by Gasteiger charge is 2.14. The Morgan fingerprint density at radius 3 is 2.33 bits per heavy atom. The van der Waals surface area contributed by atoms with Crippen molar-refractivity contribution < 1.29 is 0 Å². The highest BCUT2D eigenvalue weighted by molar-refractivity contribution is 8.42. The zero-order valence-corrected chi connectivity index (χ0v) is 9.85. The summed E-state index contributed by atoms with van der Waals surface area (Å²) in [6.07, 6.45) is 0.925. The van der Waals surface area contributed by atoms with Gasteiger partial charge in [-0.05, 0) is 12.0 Å². The van der Waals surface area contributed by atoms with Gasteiger partial charge in [-0.1, -0.05) is 65.5 Å². The summed E-state index contributed by atoms with van der Waals surface area (Å²) in [6.45, 7) is 2.07. The van der Waals surface area contributed by atoms with E-state index < -0.39 is 4.74 Å². The van der Waals surface area contributed by atoms with Gasteiger partial charge in [-0.15, -0.1) is 0 Å². The predicted octanol–water partition coefficient (Wildman–Crippen LogP) is 3.66. The number of rotatable bonds is 2. The average molecular weight is 239 g/mol. The lowest BCUT2D eigenvalue weighted by atomic mass is 10.2. The third kappa shape index (κ3) is 2.47. The lowest BCUT2D eigenvalue weighted by Crippen LogP contribution is -2.04. The summed E-state index contributed by atoms with van der Waals surface area (Å²) in [5.41, 5.74) is 1.16. The molecule has 1 aromatic rings. The minimum absolute atomic E-state index is 0.925. The molecular formula is C8H9Cl2PS. The molecule has 0 heterocycles. The Hall–Kier alpha value is 0.450. The molecule has 0 N–H and O–H groups in total. The van der Waals surface area contributed by atoms with Crippen LogP contribution in [0.15, 0.2) is 24.3 Å². The van der Waals surface area contributed by atoms with Crippen LogP contribution in [0.5, 0.6) is 0 Å². The molecule has 0 aromatic heterocycles. The van der Waals surface area contributed by atoms with Crippen molar-refractivity contribution in [2.24, 2.45) is 0 Å². The Morgan fingerprint density at radius 1 is 1.33 bits per heavy atom. The van der Waals surface area contributed by atoms with Crippen LogP contribution in [0.2, 0.25) is 0 Å². The monoisotopic (exact) mass is 238 g/mol. The van der Waals surface area contributed by atoms with Gasteiger partial charge in [0, 0.05) is 5.30 Å². The molecule has 0 saturated heterocycles. The molecule has 0 atom stereocenters. The molecule has 4 heteroatoms. The van der Waals surface area contributed by atoms with Crippen LogP contribution in [0.3, 0.4) is 0 Å². The second kappa shape index (κ2) is 4.11. The Bertz CT molecular complexity index is 319. The number of aryl methyl sites for hydroxylation is 1. The van der Waals surface area contributed by atoms with Crippen LogP contribution in [0.4, 0.5) is 0 Å². The highest BCUT2D eigenvalue weighted by Crippen LogP contribution is 2.56. The number of hydrogen-bond acceptors (Lipinski definition) is 1. The van der Waals surface area contributed by atoms with Gasteiger partial charge in [0.05, 0.1) is 0 Å². The standard InChI is InChI=1S/C8H9Cl2PS/c1-2-7-5-3-4-6-8(7)11(9,10)12/h3-6H,2H2,1H3. The molecule has 0 unspecified atom stereocenters. The van der Waals surface area contributed by atoms with Crippen molar-refractivity contribution in [1.82, 2.24) is 0 Å². The summed E-state index contributed by atoms with van der Waals surface area (Å²) in [4.78, 5) is 0. The first kappa shape index (κ1) is 10.5. The van der Waals surface area contributed by atoms with Gasteiger partial charge in [0.2, 0.25) is 0 Å². The van der Waals surface area contributed by atoms with Crippen molar-refractivity contribution in [2.75, 3.05) is 0 Å². The van der Waals surface area contributed by atoms with Crippen LogP contribution in [0, 0.1) is 0 Å². The fourth-order valence-corrected chi connectivity index (χ4v) is 3.41. The number of hydrogen-bond donors (Lipinski definition) is 0. The molecule has 0 amide bonds. The number of benzene rings is 1. The topological polar surface area (TPSA) is 0 Å². The van der Waals surface area contributed by atoms with Gasteiger partial charge in [0.1, 0.15) is 4.74 Å². The molecule has 0 nitrogen and oxygen atoms in total. The van der Waals surface area contributed by atoms with Crippen molar-refractivity contribution in [1.29, 1.82) is 0 Å². The first-order valence-electron chi connectivity index (χ1n) is 3.63. The van der Waals surface area contributed by atoms with Gasteiger partial charge in [-0.2, -0.15) is 0 Å². The van der Waals surface area contributed by atoms with Gasteiger partial charge >= 0.3 is 0 Å². The minimum Gasteiger partial charge on any atom is -0.0633 e. The quantitative estimate of drug-likeness (QED) is 0.709. The molecule has 0 aliphatic rings. The fourth-order valence-electron chi connectivity index (χ4n) is 1.06. The normalized spacial score (nSPS) is 11.6. The second-order valence-electron chi connectivity index (χ2n) is 2.44. The first-order valence-corrected chi connectivity index (χ1v) is 8.24. The lowest BCUT2D eigenvalue weighted by Gasteiger charge is -2.09. The van der Waals surface area contributed by atoms with Gasteiger partial charge in [0.25, 0.3) is 0 Å². The minimum atomic E-state index is -2.29. The van der Waals surface area contributed by atoms with E-state index in [9.17, 15) is 0 Å². The van der Waals surface area contributed by atoms with E-state index in [1.165, 1.54) is 0 Å². The predicted molar refractivity (Wildman–Crippen MR) is 61.4 cm³/mol. The van der Waals surface area contributed by atoms with E-state index in [1.54, 1.807) is 0 Å². The van der Waals surface area contributed by atoms with Crippen molar-refractivity contribution in [3.8, 4) is 0 Å². The summed E-state index contributed by atoms with van der Waals surface area (Å²) in [5, 5.41) is 0.936. The van der Waals surface area contributed by atoms with Crippen LogP contribution >= 0.6 is 27.2 Å². The van der Waals surface area contributed by atoms with E-state index in [-0.39, 0.29) is 0 Å². The Balaban J connectivity index is 3.23. The van der Waals surface area contributed by atoms with E-state index in [0.717, 1.165) is 17.3 Å². The molecule has 0 spiro atoms. The zero-order chi connectivity index (χ0) is 9.19. The van der Waals surface area contributed by atoms with Crippen molar-refractivity contribution >= 4 is 44.3 Å².